The van der Waals surface area contributed by atoms with Gasteiger partial charge in [0.2, 0.25) is 5.91 Å². The minimum Gasteiger partial charge on any atom is -0.480 e. The lowest BCUT2D eigenvalue weighted by atomic mass is 10.1. The summed E-state index contributed by atoms with van der Waals surface area (Å²) in [5, 5.41) is 9.09. The van der Waals surface area contributed by atoms with Crippen LogP contribution < -0.4 is 5.73 Å². The van der Waals surface area contributed by atoms with Gasteiger partial charge in [0.25, 0.3) is 0 Å². The average Bonchev–Trinajstić information content (AvgIpc) is 2.20. The van der Waals surface area contributed by atoms with Crippen molar-refractivity contribution in [2.45, 2.75) is 51.7 Å². The molecule has 0 aliphatic carbocycles. The molecule has 110 valence electrons. The molecule has 7 heteroatoms. The third kappa shape index (κ3) is 7.28. The molecule has 0 aromatic heterocycles. The molecule has 0 saturated carbocycles. The van der Waals surface area contributed by atoms with Crippen molar-refractivity contribution >= 4 is 18.0 Å². The molecule has 0 heterocycles. The third-order valence-electron chi connectivity index (χ3n) is 2.33. The number of carboxylic acid groups (broad SMARTS) is 1. The molecule has 19 heavy (non-hydrogen) atoms. The molecule has 7 nitrogen and oxygen atoms in total. The molecule has 0 radical (unpaired) electrons. The minimum absolute atomic E-state index is 0.0892. The smallest absolute Gasteiger partial charge is 0.410 e. The van der Waals surface area contributed by atoms with Gasteiger partial charge in [0.05, 0.1) is 0 Å². The SMILES string of the molecule is CN(C(=O)OC(C)(C)C)[C@@H](CCCC(N)=O)C(=O)O. The van der Waals surface area contributed by atoms with E-state index in [1.807, 2.05) is 0 Å². The van der Waals surface area contributed by atoms with Crippen LogP contribution in [0, 0.1) is 0 Å². The molecule has 0 rings (SSSR count). The Balaban J connectivity index is 4.56. The van der Waals surface area contributed by atoms with E-state index in [2.05, 4.69) is 0 Å². The summed E-state index contributed by atoms with van der Waals surface area (Å²) in [6.45, 7) is 5.09. The predicted octanol–water partition coefficient (Wildman–Crippen LogP) is 0.962. The molecule has 3 N–H and O–H groups in total. The fourth-order valence-corrected chi connectivity index (χ4v) is 1.41. The number of primary amides is 1. The normalized spacial score (nSPS) is 12.6. The molecular weight excluding hydrogens is 252 g/mol. The van der Waals surface area contributed by atoms with E-state index >= 15 is 0 Å². The van der Waals surface area contributed by atoms with Gasteiger partial charge in [-0.05, 0) is 33.6 Å². The zero-order valence-electron chi connectivity index (χ0n) is 11.8. The van der Waals surface area contributed by atoms with Gasteiger partial charge in [0.15, 0.2) is 0 Å². The van der Waals surface area contributed by atoms with E-state index in [4.69, 9.17) is 15.6 Å². The van der Waals surface area contributed by atoms with E-state index in [9.17, 15) is 14.4 Å². The van der Waals surface area contributed by atoms with Crippen LogP contribution >= 0.6 is 0 Å². The first kappa shape index (κ1) is 17.2. The molecule has 0 aromatic rings. The van der Waals surface area contributed by atoms with Crippen molar-refractivity contribution in [3.63, 3.8) is 0 Å². The van der Waals surface area contributed by atoms with Crippen molar-refractivity contribution in [3.8, 4) is 0 Å². The lowest BCUT2D eigenvalue weighted by Gasteiger charge is -2.28. The third-order valence-corrected chi connectivity index (χ3v) is 2.33. The van der Waals surface area contributed by atoms with Crippen LogP contribution in [0.1, 0.15) is 40.0 Å². The molecule has 2 amide bonds. The highest BCUT2D eigenvalue weighted by atomic mass is 16.6. The standard InChI is InChI=1S/C12H22N2O5/c1-12(2,3)19-11(18)14(4)8(10(16)17)6-5-7-9(13)15/h8H,5-7H2,1-4H3,(H2,13,15)(H,16,17)/t8-/m0/s1. The number of likely N-dealkylation sites (N-methyl/N-ethyl adjacent to an activating group) is 1. The number of carboxylic acids is 1. The Kier molecular flexibility index (Phi) is 6.31. The first-order valence-corrected chi connectivity index (χ1v) is 6.01. The van der Waals surface area contributed by atoms with Gasteiger partial charge in [-0.3, -0.25) is 9.69 Å². The van der Waals surface area contributed by atoms with Gasteiger partial charge in [-0.2, -0.15) is 0 Å². The fourth-order valence-electron chi connectivity index (χ4n) is 1.41. The summed E-state index contributed by atoms with van der Waals surface area (Å²) in [6.07, 6.45) is -0.168. The number of aliphatic carboxylic acids is 1. The molecule has 0 aromatic carbocycles. The Morgan fingerprint density at radius 2 is 1.84 bits per heavy atom. The largest absolute Gasteiger partial charge is 0.480 e. The summed E-state index contributed by atoms with van der Waals surface area (Å²) in [4.78, 5) is 34.5. The summed E-state index contributed by atoms with van der Waals surface area (Å²) in [6, 6.07) is -1.03. The Morgan fingerprint density at radius 1 is 1.32 bits per heavy atom. The van der Waals surface area contributed by atoms with Gasteiger partial charge in [-0.1, -0.05) is 0 Å². The number of ether oxygens (including phenoxy) is 1. The maximum Gasteiger partial charge on any atom is 0.410 e. The van der Waals surface area contributed by atoms with Crippen molar-refractivity contribution < 1.29 is 24.2 Å². The van der Waals surface area contributed by atoms with Gasteiger partial charge >= 0.3 is 12.1 Å². The first-order chi connectivity index (χ1) is 8.54. The van der Waals surface area contributed by atoms with Crippen LogP contribution in [0.3, 0.4) is 0 Å². The number of hydrogen-bond donors (Lipinski definition) is 2. The number of nitrogens with two attached hydrogens (primary N) is 1. The number of carbonyl (C=O) groups excluding carboxylic acids is 2. The zero-order chi connectivity index (χ0) is 15.2. The van der Waals surface area contributed by atoms with Gasteiger partial charge < -0.3 is 15.6 Å². The predicted molar refractivity (Wildman–Crippen MR) is 68.5 cm³/mol. The maximum absolute atomic E-state index is 11.8. The van der Waals surface area contributed by atoms with Crippen molar-refractivity contribution in [2.24, 2.45) is 5.73 Å². The second kappa shape index (κ2) is 6.96. The molecule has 0 aliphatic rings. The van der Waals surface area contributed by atoms with Crippen LogP contribution in [0.4, 0.5) is 4.79 Å². The second-order valence-electron chi connectivity index (χ2n) is 5.30. The van der Waals surface area contributed by atoms with Crippen molar-refractivity contribution in [1.82, 2.24) is 4.90 Å². The highest BCUT2D eigenvalue weighted by Crippen LogP contribution is 2.14. The van der Waals surface area contributed by atoms with E-state index in [1.54, 1.807) is 20.8 Å². The first-order valence-electron chi connectivity index (χ1n) is 6.01. The average molecular weight is 274 g/mol. The summed E-state index contributed by atoms with van der Waals surface area (Å²) >= 11 is 0. The molecule has 0 aliphatic heterocycles. The number of nitrogens with zero attached hydrogens (tertiary/aromatic N) is 1. The second-order valence-corrected chi connectivity index (χ2v) is 5.30. The Labute approximate surface area is 112 Å². The topological polar surface area (TPSA) is 110 Å². The van der Waals surface area contributed by atoms with Gasteiger partial charge in [0.1, 0.15) is 11.6 Å². The van der Waals surface area contributed by atoms with E-state index in [1.165, 1.54) is 7.05 Å². The highest BCUT2D eigenvalue weighted by Gasteiger charge is 2.29. The number of carbonyl (C=O) groups is 3. The molecule has 0 bridgehead atoms. The van der Waals surface area contributed by atoms with Crippen molar-refractivity contribution in [1.29, 1.82) is 0 Å². The monoisotopic (exact) mass is 274 g/mol. The van der Waals surface area contributed by atoms with E-state index in [-0.39, 0.29) is 12.8 Å². The molecule has 1 atom stereocenters. The van der Waals surface area contributed by atoms with Crippen molar-refractivity contribution in [2.75, 3.05) is 7.05 Å². The van der Waals surface area contributed by atoms with Crippen LogP contribution in [0.25, 0.3) is 0 Å². The lowest BCUT2D eigenvalue weighted by molar-refractivity contribution is -0.143. The Hall–Kier alpha value is -1.79. The summed E-state index contributed by atoms with van der Waals surface area (Å²) in [5.74, 6) is -1.64. The molecule has 0 spiro atoms. The quantitative estimate of drug-likeness (QED) is 0.749. The minimum atomic E-state index is -1.14. The van der Waals surface area contributed by atoms with Gasteiger partial charge in [-0.15, -0.1) is 0 Å². The Morgan fingerprint density at radius 3 is 2.21 bits per heavy atom. The number of rotatable bonds is 6. The fraction of sp³-hybridized carbons (Fsp3) is 0.750. The van der Waals surface area contributed by atoms with Crippen LogP contribution in [0.15, 0.2) is 0 Å². The van der Waals surface area contributed by atoms with Crippen LogP contribution in [-0.4, -0.2) is 46.7 Å². The van der Waals surface area contributed by atoms with E-state index in [0.717, 1.165) is 4.90 Å². The van der Waals surface area contributed by atoms with Crippen LogP contribution in [0.2, 0.25) is 0 Å². The summed E-state index contributed by atoms with van der Waals surface area (Å²) in [7, 11) is 1.36. The highest BCUT2D eigenvalue weighted by molar-refractivity contribution is 5.80. The van der Waals surface area contributed by atoms with E-state index in [0.29, 0.717) is 6.42 Å². The van der Waals surface area contributed by atoms with Crippen LogP contribution in [0.5, 0.6) is 0 Å². The van der Waals surface area contributed by atoms with Gasteiger partial charge in [-0.25, -0.2) is 9.59 Å². The number of amides is 2. The molecule has 0 fully saturated rings. The van der Waals surface area contributed by atoms with Crippen molar-refractivity contribution in [3.05, 3.63) is 0 Å². The zero-order valence-corrected chi connectivity index (χ0v) is 11.8. The van der Waals surface area contributed by atoms with E-state index < -0.39 is 29.6 Å². The van der Waals surface area contributed by atoms with Crippen LogP contribution in [-0.2, 0) is 14.3 Å². The Bertz CT molecular complexity index is 349. The maximum atomic E-state index is 11.8. The molecule has 0 saturated heterocycles. The number of hydrogen-bond acceptors (Lipinski definition) is 4. The summed E-state index contributed by atoms with van der Waals surface area (Å²) < 4.78 is 5.09. The molecular formula is C12H22N2O5. The molecule has 0 unspecified atom stereocenters. The summed E-state index contributed by atoms with van der Waals surface area (Å²) in [5.41, 5.74) is 4.29. The van der Waals surface area contributed by atoms with Gasteiger partial charge in [0, 0.05) is 13.5 Å². The lowest BCUT2D eigenvalue weighted by Crippen LogP contribution is -2.44.